The first kappa shape index (κ1) is 9.65. The van der Waals surface area contributed by atoms with Crippen molar-refractivity contribution in [2.75, 3.05) is 0 Å². The summed E-state index contributed by atoms with van der Waals surface area (Å²) in [6.07, 6.45) is -2.39. The summed E-state index contributed by atoms with van der Waals surface area (Å²) in [5.74, 6) is 0. The van der Waals surface area contributed by atoms with Crippen LogP contribution in [0.25, 0.3) is 0 Å². The molecule has 0 unspecified atom stereocenters. The van der Waals surface area contributed by atoms with Crippen molar-refractivity contribution in [1.29, 1.82) is 0 Å². The van der Waals surface area contributed by atoms with Crippen LogP contribution in [0.15, 0.2) is 16.6 Å². The van der Waals surface area contributed by atoms with Crippen molar-refractivity contribution in [2.24, 2.45) is 0 Å². The first-order chi connectivity index (χ1) is 5.54. The third-order valence-electron chi connectivity index (χ3n) is 1.86. The van der Waals surface area contributed by atoms with Gasteiger partial charge < -0.3 is 0 Å². The molecule has 0 fully saturated rings. The lowest BCUT2D eigenvalue weighted by atomic mass is 10.1. The van der Waals surface area contributed by atoms with Gasteiger partial charge in [-0.3, -0.25) is 0 Å². The predicted octanol–water partition coefficient (Wildman–Crippen LogP) is 4.00. The molecule has 66 valence electrons. The SMILES string of the molecule is Cc1ccc(C(F)F)c(C)c1Br. The molecule has 0 N–H and O–H groups in total. The highest BCUT2D eigenvalue weighted by Crippen LogP contribution is 2.29. The van der Waals surface area contributed by atoms with E-state index in [2.05, 4.69) is 15.9 Å². The zero-order valence-electron chi connectivity index (χ0n) is 6.87. The second-order valence-electron chi connectivity index (χ2n) is 2.71. The third kappa shape index (κ3) is 1.66. The zero-order chi connectivity index (χ0) is 9.30. The second kappa shape index (κ2) is 3.52. The number of halogens is 3. The Labute approximate surface area is 78.7 Å². The topological polar surface area (TPSA) is 0 Å². The molecule has 3 heteroatoms. The van der Waals surface area contributed by atoms with Gasteiger partial charge in [0, 0.05) is 10.0 Å². The Kier molecular flexibility index (Phi) is 2.83. The highest BCUT2D eigenvalue weighted by molar-refractivity contribution is 9.10. The molecule has 0 heterocycles. The molecule has 0 atom stereocenters. The minimum Gasteiger partial charge on any atom is -0.205 e. The maximum Gasteiger partial charge on any atom is 0.264 e. The molecule has 0 aliphatic rings. The average Bonchev–Trinajstić information content (AvgIpc) is 2.00. The lowest BCUT2D eigenvalue weighted by Gasteiger charge is -2.08. The Bertz CT molecular complexity index is 295. The number of aryl methyl sites for hydroxylation is 1. The van der Waals surface area contributed by atoms with Gasteiger partial charge in [0.2, 0.25) is 0 Å². The fourth-order valence-corrected chi connectivity index (χ4v) is 1.43. The minimum absolute atomic E-state index is 0.104. The Hall–Kier alpha value is -0.440. The van der Waals surface area contributed by atoms with Crippen LogP contribution in [-0.4, -0.2) is 0 Å². The number of hydrogen-bond donors (Lipinski definition) is 0. The van der Waals surface area contributed by atoms with Crippen molar-refractivity contribution in [3.63, 3.8) is 0 Å². The maximum absolute atomic E-state index is 12.3. The van der Waals surface area contributed by atoms with Crippen molar-refractivity contribution in [3.05, 3.63) is 33.3 Å². The van der Waals surface area contributed by atoms with E-state index in [1.807, 2.05) is 6.92 Å². The van der Waals surface area contributed by atoms with Crippen molar-refractivity contribution in [3.8, 4) is 0 Å². The van der Waals surface area contributed by atoms with E-state index in [1.165, 1.54) is 6.07 Å². The molecular formula is C9H9BrF2. The molecule has 0 bridgehead atoms. The molecule has 0 amide bonds. The molecule has 0 spiro atoms. The van der Waals surface area contributed by atoms with Crippen LogP contribution in [-0.2, 0) is 0 Å². The number of rotatable bonds is 1. The van der Waals surface area contributed by atoms with Crippen LogP contribution in [0, 0.1) is 13.8 Å². The Morgan fingerprint density at radius 2 is 1.83 bits per heavy atom. The van der Waals surface area contributed by atoms with Crippen molar-refractivity contribution < 1.29 is 8.78 Å². The molecule has 1 aromatic carbocycles. The highest BCUT2D eigenvalue weighted by Gasteiger charge is 2.12. The largest absolute Gasteiger partial charge is 0.264 e. The summed E-state index contributed by atoms with van der Waals surface area (Å²) in [5, 5.41) is 0. The van der Waals surface area contributed by atoms with Crippen LogP contribution < -0.4 is 0 Å². The Morgan fingerprint density at radius 3 is 2.33 bits per heavy atom. The Morgan fingerprint density at radius 1 is 1.25 bits per heavy atom. The van der Waals surface area contributed by atoms with Crippen molar-refractivity contribution in [2.45, 2.75) is 20.3 Å². The van der Waals surface area contributed by atoms with E-state index in [1.54, 1.807) is 13.0 Å². The lowest BCUT2D eigenvalue weighted by Crippen LogP contribution is -1.92. The van der Waals surface area contributed by atoms with E-state index < -0.39 is 6.43 Å². The summed E-state index contributed by atoms with van der Waals surface area (Å²) < 4.78 is 25.4. The fraction of sp³-hybridized carbons (Fsp3) is 0.333. The van der Waals surface area contributed by atoms with Crippen LogP contribution in [0.2, 0.25) is 0 Å². The van der Waals surface area contributed by atoms with Crippen LogP contribution >= 0.6 is 15.9 Å². The number of hydrogen-bond acceptors (Lipinski definition) is 0. The molecule has 0 radical (unpaired) electrons. The van der Waals surface area contributed by atoms with E-state index in [9.17, 15) is 8.78 Å². The molecule has 0 saturated carbocycles. The summed E-state index contributed by atoms with van der Waals surface area (Å²) in [6.45, 7) is 3.57. The summed E-state index contributed by atoms with van der Waals surface area (Å²) in [7, 11) is 0. The maximum atomic E-state index is 12.3. The number of benzene rings is 1. The summed E-state index contributed by atoms with van der Waals surface area (Å²) in [5.41, 5.74) is 1.72. The zero-order valence-corrected chi connectivity index (χ0v) is 8.45. The molecule has 12 heavy (non-hydrogen) atoms. The van der Waals surface area contributed by atoms with Crippen LogP contribution in [0.1, 0.15) is 23.1 Å². The van der Waals surface area contributed by atoms with E-state index >= 15 is 0 Å². The van der Waals surface area contributed by atoms with Gasteiger partial charge in [0.25, 0.3) is 6.43 Å². The minimum atomic E-state index is -2.39. The van der Waals surface area contributed by atoms with Gasteiger partial charge >= 0.3 is 0 Å². The molecule has 0 saturated heterocycles. The molecule has 0 aliphatic heterocycles. The van der Waals surface area contributed by atoms with Crippen LogP contribution in [0.5, 0.6) is 0 Å². The monoisotopic (exact) mass is 234 g/mol. The quantitative estimate of drug-likeness (QED) is 0.689. The normalized spacial score (nSPS) is 10.8. The van der Waals surface area contributed by atoms with Gasteiger partial charge in [-0.25, -0.2) is 8.78 Å². The first-order valence-corrected chi connectivity index (χ1v) is 4.37. The molecule has 0 aliphatic carbocycles. The van der Waals surface area contributed by atoms with Crippen LogP contribution in [0.3, 0.4) is 0 Å². The third-order valence-corrected chi connectivity index (χ3v) is 3.08. The fourth-order valence-electron chi connectivity index (χ4n) is 1.07. The van der Waals surface area contributed by atoms with Gasteiger partial charge in [-0.2, -0.15) is 0 Å². The smallest absolute Gasteiger partial charge is 0.205 e. The van der Waals surface area contributed by atoms with Crippen LogP contribution in [0.4, 0.5) is 8.78 Å². The van der Waals surface area contributed by atoms with Crippen molar-refractivity contribution >= 4 is 15.9 Å². The van der Waals surface area contributed by atoms with Gasteiger partial charge in [-0.05, 0) is 25.0 Å². The summed E-state index contributed by atoms with van der Waals surface area (Å²) in [6, 6.07) is 3.17. The van der Waals surface area contributed by atoms with E-state index in [4.69, 9.17) is 0 Å². The molecular weight excluding hydrogens is 226 g/mol. The summed E-state index contributed by atoms with van der Waals surface area (Å²) in [4.78, 5) is 0. The van der Waals surface area contributed by atoms with Gasteiger partial charge in [0.1, 0.15) is 0 Å². The van der Waals surface area contributed by atoms with E-state index in [-0.39, 0.29) is 5.56 Å². The second-order valence-corrected chi connectivity index (χ2v) is 3.50. The van der Waals surface area contributed by atoms with Gasteiger partial charge in [-0.1, -0.05) is 28.1 Å². The molecule has 0 nitrogen and oxygen atoms in total. The molecule has 0 aromatic heterocycles. The van der Waals surface area contributed by atoms with Gasteiger partial charge in [-0.15, -0.1) is 0 Å². The van der Waals surface area contributed by atoms with Gasteiger partial charge in [0.15, 0.2) is 0 Å². The Balaban J connectivity index is 3.27. The predicted molar refractivity (Wildman–Crippen MR) is 48.6 cm³/mol. The van der Waals surface area contributed by atoms with E-state index in [0.717, 1.165) is 10.0 Å². The lowest BCUT2D eigenvalue weighted by molar-refractivity contribution is 0.150. The van der Waals surface area contributed by atoms with E-state index in [0.29, 0.717) is 5.56 Å². The summed E-state index contributed by atoms with van der Waals surface area (Å²) >= 11 is 3.26. The van der Waals surface area contributed by atoms with Crippen molar-refractivity contribution in [1.82, 2.24) is 0 Å². The molecule has 1 rings (SSSR count). The molecule has 1 aromatic rings. The first-order valence-electron chi connectivity index (χ1n) is 3.57. The average molecular weight is 235 g/mol. The van der Waals surface area contributed by atoms with Gasteiger partial charge in [0.05, 0.1) is 0 Å². The standard InChI is InChI=1S/C9H9BrF2/c1-5-3-4-7(9(11)12)6(2)8(5)10/h3-4,9H,1-2H3. The highest BCUT2D eigenvalue weighted by atomic mass is 79.9. The number of alkyl halides is 2.